The molecule has 0 aliphatic carbocycles. The summed E-state index contributed by atoms with van der Waals surface area (Å²) in [6.07, 6.45) is 1.62. The Labute approximate surface area is 187 Å². The number of amides is 1. The topological polar surface area (TPSA) is 86.6 Å². The molecule has 0 fully saturated rings. The van der Waals surface area contributed by atoms with Crippen LogP contribution in [0.1, 0.15) is 15.9 Å². The van der Waals surface area contributed by atoms with E-state index >= 15 is 0 Å². The van der Waals surface area contributed by atoms with E-state index in [4.69, 9.17) is 11.6 Å². The van der Waals surface area contributed by atoms with Gasteiger partial charge in [0.1, 0.15) is 16.4 Å². The number of phenols is 1. The molecule has 3 N–H and O–H groups in total. The van der Waals surface area contributed by atoms with Gasteiger partial charge in [-0.3, -0.25) is 10.2 Å². The first-order valence-electron chi connectivity index (χ1n) is 9.30. The minimum atomic E-state index is -0.253. The fourth-order valence-corrected chi connectivity index (χ4v) is 3.70. The molecule has 0 saturated heterocycles. The van der Waals surface area contributed by atoms with E-state index in [0.717, 1.165) is 11.1 Å². The van der Waals surface area contributed by atoms with Crippen molar-refractivity contribution in [1.29, 1.82) is 0 Å². The molecule has 1 amide bonds. The van der Waals surface area contributed by atoms with E-state index in [9.17, 15) is 9.90 Å². The quantitative estimate of drug-likeness (QED) is 0.254. The van der Waals surface area contributed by atoms with Gasteiger partial charge in [-0.1, -0.05) is 53.3 Å². The molecule has 1 heterocycles. The van der Waals surface area contributed by atoms with Crippen molar-refractivity contribution in [3.05, 3.63) is 95.0 Å². The van der Waals surface area contributed by atoms with E-state index in [1.807, 2.05) is 30.3 Å². The van der Waals surface area contributed by atoms with Crippen molar-refractivity contribution < 1.29 is 9.90 Å². The zero-order valence-corrected chi connectivity index (χ0v) is 17.7. The van der Waals surface area contributed by atoms with E-state index in [0.29, 0.717) is 26.4 Å². The number of rotatable bonds is 6. The number of hydrazone groups is 1. The molecule has 8 heteroatoms. The average Bonchev–Trinajstić information content (AvgIpc) is 3.18. The number of carbonyl (C=O) groups excluding carboxylic acids is 1. The molecule has 3 aromatic carbocycles. The Morgan fingerprint density at radius 1 is 1.00 bits per heavy atom. The lowest BCUT2D eigenvalue weighted by Crippen LogP contribution is -2.11. The third-order valence-electron chi connectivity index (χ3n) is 4.27. The van der Waals surface area contributed by atoms with E-state index in [1.54, 1.807) is 54.7 Å². The minimum absolute atomic E-state index is 0.193. The maximum atomic E-state index is 12.7. The van der Waals surface area contributed by atoms with Gasteiger partial charge in [-0.05, 0) is 54.1 Å². The van der Waals surface area contributed by atoms with E-state index in [-0.39, 0.29) is 11.7 Å². The van der Waals surface area contributed by atoms with E-state index < -0.39 is 0 Å². The molecule has 4 rings (SSSR count). The van der Waals surface area contributed by atoms with Crippen LogP contribution in [0.15, 0.2) is 84.0 Å². The molecule has 31 heavy (non-hydrogen) atoms. The molecule has 0 saturated carbocycles. The van der Waals surface area contributed by atoms with Crippen molar-refractivity contribution in [1.82, 2.24) is 4.98 Å². The maximum Gasteiger partial charge on any atom is 0.256 e. The molecule has 0 aliphatic heterocycles. The van der Waals surface area contributed by atoms with Crippen LogP contribution in [0.25, 0.3) is 11.3 Å². The maximum absolute atomic E-state index is 12.7. The number of phenolic OH excluding ortho intramolecular Hbond substituents is 1. The van der Waals surface area contributed by atoms with E-state index in [1.165, 1.54) is 11.3 Å². The van der Waals surface area contributed by atoms with Crippen molar-refractivity contribution in [2.45, 2.75) is 0 Å². The number of hydrogen-bond donors (Lipinski definition) is 3. The molecule has 6 nitrogen and oxygen atoms in total. The van der Waals surface area contributed by atoms with Crippen LogP contribution in [-0.4, -0.2) is 22.2 Å². The SMILES string of the molecule is O=C(Nc1sc(N/N=C\c2ccc(O)cc2)nc1-c1ccccc1)c1ccc(Cl)cc1. The van der Waals surface area contributed by atoms with Crippen molar-refractivity contribution >= 4 is 45.2 Å². The van der Waals surface area contributed by atoms with Gasteiger partial charge >= 0.3 is 0 Å². The van der Waals surface area contributed by atoms with Crippen molar-refractivity contribution in [3.63, 3.8) is 0 Å². The lowest BCUT2D eigenvalue weighted by Gasteiger charge is -2.05. The molecular formula is C23H17ClN4O2S. The number of benzene rings is 3. The second kappa shape index (κ2) is 9.42. The van der Waals surface area contributed by atoms with Crippen LogP contribution in [-0.2, 0) is 0 Å². The van der Waals surface area contributed by atoms with Crippen LogP contribution in [0.2, 0.25) is 5.02 Å². The Hall–Kier alpha value is -3.68. The smallest absolute Gasteiger partial charge is 0.256 e. The number of nitrogens with one attached hydrogen (secondary N) is 2. The van der Waals surface area contributed by atoms with Crippen LogP contribution >= 0.6 is 22.9 Å². The molecule has 154 valence electrons. The number of halogens is 1. The largest absolute Gasteiger partial charge is 0.508 e. The predicted molar refractivity (Wildman–Crippen MR) is 126 cm³/mol. The fraction of sp³-hybridized carbons (Fsp3) is 0. The van der Waals surface area contributed by atoms with Gasteiger partial charge in [0.2, 0.25) is 5.13 Å². The number of anilines is 2. The third-order valence-corrected chi connectivity index (χ3v) is 5.40. The number of carbonyl (C=O) groups is 1. The summed E-state index contributed by atoms with van der Waals surface area (Å²) in [5.74, 6) is -0.0600. The highest BCUT2D eigenvalue weighted by molar-refractivity contribution is 7.20. The molecule has 0 aliphatic rings. The van der Waals surface area contributed by atoms with Crippen molar-refractivity contribution in [2.24, 2.45) is 5.10 Å². The van der Waals surface area contributed by atoms with Gasteiger partial charge in [-0.25, -0.2) is 4.98 Å². The number of hydrogen-bond acceptors (Lipinski definition) is 6. The van der Waals surface area contributed by atoms with Crippen LogP contribution in [0.4, 0.5) is 10.1 Å². The zero-order chi connectivity index (χ0) is 21.6. The predicted octanol–water partition coefficient (Wildman–Crippen LogP) is 5.87. The highest BCUT2D eigenvalue weighted by atomic mass is 35.5. The standard InChI is InChI=1S/C23H17ClN4O2S/c24-18-10-8-17(9-11-18)21(30)27-22-20(16-4-2-1-3-5-16)26-23(31-22)28-25-14-15-6-12-19(29)13-7-15/h1-14,29H,(H,26,28)(H,27,30)/b25-14-. The van der Waals surface area contributed by atoms with Gasteiger partial charge < -0.3 is 10.4 Å². The van der Waals surface area contributed by atoms with Crippen LogP contribution in [0, 0.1) is 0 Å². The van der Waals surface area contributed by atoms with Gasteiger partial charge in [-0.2, -0.15) is 5.10 Å². The number of nitrogens with zero attached hydrogens (tertiary/aromatic N) is 2. The first-order valence-corrected chi connectivity index (χ1v) is 10.5. The highest BCUT2D eigenvalue weighted by Gasteiger charge is 2.16. The summed E-state index contributed by atoms with van der Waals surface area (Å²) in [6, 6.07) is 22.9. The van der Waals surface area contributed by atoms with Crippen LogP contribution in [0.3, 0.4) is 0 Å². The van der Waals surface area contributed by atoms with Crippen molar-refractivity contribution in [3.8, 4) is 17.0 Å². The number of thiazole rings is 1. The Morgan fingerprint density at radius 3 is 2.42 bits per heavy atom. The van der Waals surface area contributed by atoms with Gasteiger partial charge in [0.15, 0.2) is 0 Å². The summed E-state index contributed by atoms with van der Waals surface area (Å²) in [5.41, 5.74) is 5.75. The summed E-state index contributed by atoms with van der Waals surface area (Å²) >= 11 is 7.20. The Balaban J connectivity index is 1.57. The normalized spacial score (nSPS) is 10.9. The summed E-state index contributed by atoms with van der Waals surface area (Å²) in [5, 5.41) is 18.2. The lowest BCUT2D eigenvalue weighted by atomic mass is 10.1. The molecule has 0 spiro atoms. The van der Waals surface area contributed by atoms with Crippen molar-refractivity contribution in [2.75, 3.05) is 10.7 Å². The minimum Gasteiger partial charge on any atom is -0.508 e. The van der Waals surface area contributed by atoms with Gasteiger partial charge in [-0.15, -0.1) is 0 Å². The zero-order valence-electron chi connectivity index (χ0n) is 16.1. The van der Waals surface area contributed by atoms with Crippen LogP contribution < -0.4 is 10.7 Å². The Morgan fingerprint density at radius 2 is 1.71 bits per heavy atom. The second-order valence-corrected chi connectivity index (χ2v) is 7.92. The Bertz CT molecular complexity index is 1210. The fourth-order valence-electron chi connectivity index (χ4n) is 2.74. The molecule has 0 unspecified atom stereocenters. The summed E-state index contributed by atoms with van der Waals surface area (Å²) in [6.45, 7) is 0. The Kier molecular flexibility index (Phi) is 6.26. The van der Waals surface area contributed by atoms with Gasteiger partial charge in [0, 0.05) is 16.1 Å². The van der Waals surface area contributed by atoms with Gasteiger partial charge in [0.05, 0.1) is 6.21 Å². The summed E-state index contributed by atoms with van der Waals surface area (Å²) in [4.78, 5) is 17.3. The molecule has 0 atom stereocenters. The molecule has 0 bridgehead atoms. The number of aromatic nitrogens is 1. The van der Waals surface area contributed by atoms with E-state index in [2.05, 4.69) is 20.8 Å². The summed E-state index contributed by atoms with van der Waals surface area (Å²) in [7, 11) is 0. The molecule has 1 aromatic heterocycles. The monoisotopic (exact) mass is 448 g/mol. The van der Waals surface area contributed by atoms with Crippen LogP contribution in [0.5, 0.6) is 5.75 Å². The lowest BCUT2D eigenvalue weighted by molar-refractivity contribution is 0.102. The summed E-state index contributed by atoms with van der Waals surface area (Å²) < 4.78 is 0. The first kappa shape index (κ1) is 20.6. The second-order valence-electron chi connectivity index (χ2n) is 6.49. The highest BCUT2D eigenvalue weighted by Crippen LogP contribution is 2.36. The average molecular weight is 449 g/mol. The number of aromatic hydroxyl groups is 1. The third kappa shape index (κ3) is 5.28. The molecule has 0 radical (unpaired) electrons. The van der Waals surface area contributed by atoms with Gasteiger partial charge in [0.25, 0.3) is 5.91 Å². The first-order chi connectivity index (χ1) is 15.1. The molecule has 4 aromatic rings. The molecular weight excluding hydrogens is 432 g/mol.